The molecule has 0 unspecified atom stereocenters. The van der Waals surface area contributed by atoms with Gasteiger partial charge in [0, 0.05) is 23.9 Å². The number of hydrogen-bond donors (Lipinski definition) is 1. The van der Waals surface area contributed by atoms with Crippen LogP contribution in [-0.4, -0.2) is 37.3 Å². The van der Waals surface area contributed by atoms with Crippen LogP contribution in [0, 0.1) is 20.8 Å². The van der Waals surface area contributed by atoms with Gasteiger partial charge in [-0.15, -0.1) is 5.10 Å². The zero-order valence-electron chi connectivity index (χ0n) is 15.8. The van der Waals surface area contributed by atoms with E-state index in [-0.39, 0.29) is 5.91 Å². The minimum absolute atomic E-state index is 0.0438. The highest BCUT2D eigenvalue weighted by Gasteiger charge is 2.23. The number of nitrogens with zero attached hydrogens (tertiary/aromatic N) is 4. The van der Waals surface area contributed by atoms with Crippen LogP contribution in [-0.2, 0) is 11.2 Å². The minimum atomic E-state index is 0.0438. The Balaban J connectivity index is 1.55. The van der Waals surface area contributed by atoms with Gasteiger partial charge in [0.1, 0.15) is 0 Å². The van der Waals surface area contributed by atoms with Gasteiger partial charge in [-0.25, -0.2) is 9.50 Å². The second-order valence-electron chi connectivity index (χ2n) is 7.16. The quantitative estimate of drug-likeness (QED) is 0.665. The summed E-state index contributed by atoms with van der Waals surface area (Å²) in [6.07, 6.45) is 3.00. The van der Waals surface area contributed by atoms with Crippen molar-refractivity contribution in [2.24, 2.45) is 0 Å². The van der Waals surface area contributed by atoms with E-state index >= 15 is 0 Å². The van der Waals surface area contributed by atoms with Gasteiger partial charge in [-0.3, -0.25) is 4.79 Å². The molecule has 1 saturated carbocycles. The van der Waals surface area contributed by atoms with Gasteiger partial charge in [0.05, 0.1) is 5.75 Å². The summed E-state index contributed by atoms with van der Waals surface area (Å²) in [5.74, 6) is 0.965. The van der Waals surface area contributed by atoms with Crippen molar-refractivity contribution in [1.82, 2.24) is 24.9 Å². The Labute approximate surface area is 162 Å². The summed E-state index contributed by atoms with van der Waals surface area (Å²) in [5, 5.41) is 8.13. The van der Waals surface area contributed by atoms with Gasteiger partial charge in [0.2, 0.25) is 11.1 Å². The molecule has 0 bridgehead atoms. The van der Waals surface area contributed by atoms with Gasteiger partial charge in [-0.05, 0) is 44.7 Å². The van der Waals surface area contributed by atoms with Crippen molar-refractivity contribution in [1.29, 1.82) is 0 Å². The summed E-state index contributed by atoms with van der Waals surface area (Å²) >= 11 is 1.36. The van der Waals surface area contributed by atoms with E-state index in [0.29, 0.717) is 22.7 Å². The van der Waals surface area contributed by atoms with E-state index in [1.54, 1.807) is 4.52 Å². The molecular formula is C20H23N5OS. The molecule has 1 aliphatic carbocycles. The number of amides is 1. The van der Waals surface area contributed by atoms with Crippen molar-refractivity contribution >= 4 is 23.4 Å². The van der Waals surface area contributed by atoms with Crippen molar-refractivity contribution in [3.05, 3.63) is 52.3 Å². The average Bonchev–Trinajstić information content (AvgIpc) is 3.34. The number of aryl methyl sites for hydroxylation is 3. The van der Waals surface area contributed by atoms with Gasteiger partial charge in [0.15, 0.2) is 0 Å². The van der Waals surface area contributed by atoms with E-state index in [0.717, 1.165) is 30.7 Å². The van der Waals surface area contributed by atoms with E-state index in [1.165, 1.54) is 28.5 Å². The lowest BCUT2D eigenvalue weighted by Gasteiger charge is -2.10. The number of carbonyl (C=O) groups excluding carboxylic acids is 1. The molecule has 0 radical (unpaired) electrons. The molecule has 27 heavy (non-hydrogen) atoms. The Morgan fingerprint density at radius 1 is 1.26 bits per heavy atom. The molecule has 6 nitrogen and oxygen atoms in total. The molecule has 0 saturated heterocycles. The average molecular weight is 382 g/mol. The molecule has 140 valence electrons. The first-order valence-electron chi connectivity index (χ1n) is 9.20. The SMILES string of the molecule is Cc1cccc(Cc2c(C)nc3nc(SCC(=O)NC4CC4)nn3c2C)c1. The van der Waals surface area contributed by atoms with Crippen molar-refractivity contribution < 1.29 is 4.79 Å². The Morgan fingerprint density at radius 2 is 2.07 bits per heavy atom. The number of nitrogens with one attached hydrogen (secondary N) is 1. The first kappa shape index (κ1) is 18.0. The highest BCUT2D eigenvalue weighted by Crippen LogP contribution is 2.22. The fourth-order valence-electron chi connectivity index (χ4n) is 3.16. The Bertz CT molecular complexity index is 1010. The lowest BCUT2D eigenvalue weighted by molar-refractivity contribution is -0.118. The van der Waals surface area contributed by atoms with E-state index in [9.17, 15) is 4.79 Å². The van der Waals surface area contributed by atoms with Gasteiger partial charge in [-0.2, -0.15) is 4.98 Å². The number of carbonyl (C=O) groups is 1. The first-order chi connectivity index (χ1) is 13.0. The summed E-state index contributed by atoms with van der Waals surface area (Å²) < 4.78 is 1.79. The molecule has 7 heteroatoms. The molecule has 1 aromatic carbocycles. The number of thioether (sulfide) groups is 1. The third-order valence-electron chi connectivity index (χ3n) is 4.77. The predicted molar refractivity (Wildman–Crippen MR) is 106 cm³/mol. The molecule has 1 fully saturated rings. The number of aromatic nitrogens is 4. The van der Waals surface area contributed by atoms with Crippen LogP contribution in [0.3, 0.4) is 0 Å². The van der Waals surface area contributed by atoms with Crippen molar-refractivity contribution in [2.75, 3.05) is 5.75 Å². The van der Waals surface area contributed by atoms with Crippen LogP contribution in [0.2, 0.25) is 0 Å². The Kier molecular flexibility index (Phi) is 4.86. The molecule has 1 aliphatic rings. The largest absolute Gasteiger partial charge is 0.353 e. The standard InChI is InChI=1S/C20H23N5OS/c1-12-5-4-6-15(9-12)10-17-13(2)21-19-23-20(24-25(19)14(17)3)27-11-18(26)22-16-7-8-16/h4-6,9,16H,7-8,10-11H2,1-3H3,(H,22,26). The van der Waals surface area contributed by atoms with Crippen LogP contribution >= 0.6 is 11.8 Å². The maximum Gasteiger partial charge on any atom is 0.253 e. The van der Waals surface area contributed by atoms with Crippen LogP contribution in [0.1, 0.15) is 40.9 Å². The van der Waals surface area contributed by atoms with Crippen molar-refractivity contribution in [3.8, 4) is 0 Å². The molecule has 0 atom stereocenters. The molecule has 3 aromatic rings. The molecular weight excluding hydrogens is 358 g/mol. The van der Waals surface area contributed by atoms with Gasteiger partial charge in [0.25, 0.3) is 5.78 Å². The molecule has 0 spiro atoms. The predicted octanol–water partition coefficient (Wildman–Crippen LogP) is 3.01. The molecule has 2 heterocycles. The maximum absolute atomic E-state index is 11.9. The van der Waals surface area contributed by atoms with Crippen LogP contribution < -0.4 is 5.32 Å². The van der Waals surface area contributed by atoms with Crippen LogP contribution in [0.25, 0.3) is 5.78 Å². The monoisotopic (exact) mass is 381 g/mol. The van der Waals surface area contributed by atoms with Crippen LogP contribution in [0.15, 0.2) is 29.4 Å². The topological polar surface area (TPSA) is 72.2 Å². The smallest absolute Gasteiger partial charge is 0.253 e. The van der Waals surface area contributed by atoms with Gasteiger partial charge >= 0.3 is 0 Å². The Morgan fingerprint density at radius 3 is 2.81 bits per heavy atom. The summed E-state index contributed by atoms with van der Waals surface area (Å²) in [7, 11) is 0. The van der Waals surface area contributed by atoms with Crippen molar-refractivity contribution in [3.63, 3.8) is 0 Å². The van der Waals surface area contributed by atoms with E-state index < -0.39 is 0 Å². The Hall–Kier alpha value is -2.41. The highest BCUT2D eigenvalue weighted by molar-refractivity contribution is 7.99. The third-order valence-corrected chi connectivity index (χ3v) is 5.61. The minimum Gasteiger partial charge on any atom is -0.353 e. The molecule has 1 amide bonds. The molecule has 0 aliphatic heterocycles. The van der Waals surface area contributed by atoms with Gasteiger partial charge < -0.3 is 5.32 Å². The lowest BCUT2D eigenvalue weighted by Crippen LogP contribution is -2.27. The molecule has 2 aromatic heterocycles. The normalized spacial score (nSPS) is 13.9. The summed E-state index contributed by atoms with van der Waals surface area (Å²) in [4.78, 5) is 21.0. The van der Waals surface area contributed by atoms with Crippen LogP contribution in [0.4, 0.5) is 0 Å². The second kappa shape index (κ2) is 7.31. The maximum atomic E-state index is 11.9. The zero-order chi connectivity index (χ0) is 19.0. The fraction of sp³-hybridized carbons (Fsp3) is 0.400. The summed E-state index contributed by atoms with van der Waals surface area (Å²) in [6.45, 7) is 6.17. The van der Waals surface area contributed by atoms with Crippen molar-refractivity contribution in [2.45, 2.75) is 51.2 Å². The van der Waals surface area contributed by atoms with Crippen LogP contribution in [0.5, 0.6) is 0 Å². The second-order valence-corrected chi connectivity index (χ2v) is 8.11. The molecule has 4 rings (SSSR count). The number of hydrogen-bond acceptors (Lipinski definition) is 5. The lowest BCUT2D eigenvalue weighted by atomic mass is 10.0. The van der Waals surface area contributed by atoms with Gasteiger partial charge in [-0.1, -0.05) is 41.6 Å². The first-order valence-corrected chi connectivity index (χ1v) is 10.2. The van der Waals surface area contributed by atoms with E-state index in [2.05, 4.69) is 58.5 Å². The summed E-state index contributed by atoms with van der Waals surface area (Å²) in [6, 6.07) is 8.90. The zero-order valence-corrected chi connectivity index (χ0v) is 16.6. The fourth-order valence-corrected chi connectivity index (χ4v) is 3.79. The highest BCUT2D eigenvalue weighted by atomic mass is 32.2. The number of rotatable bonds is 6. The van der Waals surface area contributed by atoms with E-state index in [1.807, 2.05) is 6.92 Å². The number of fused-ring (bicyclic) bond motifs is 1. The summed E-state index contributed by atoms with van der Waals surface area (Å²) in [5.41, 5.74) is 5.69. The molecule has 1 N–H and O–H groups in total. The van der Waals surface area contributed by atoms with E-state index in [4.69, 9.17) is 0 Å². The third kappa shape index (κ3) is 4.13. The number of benzene rings is 1.